The zero-order chi connectivity index (χ0) is 17.6. The molecule has 1 heterocycles. The number of sulfonamides is 1. The van der Waals surface area contributed by atoms with E-state index in [1.807, 2.05) is 11.4 Å². The van der Waals surface area contributed by atoms with Crippen molar-refractivity contribution in [2.75, 3.05) is 20.3 Å². The van der Waals surface area contributed by atoms with Gasteiger partial charge in [-0.3, -0.25) is 4.79 Å². The van der Waals surface area contributed by atoms with Crippen molar-refractivity contribution < 1.29 is 17.9 Å². The average molecular weight is 433 g/mol. The van der Waals surface area contributed by atoms with Gasteiger partial charge in [0.25, 0.3) is 5.91 Å². The molecule has 0 aliphatic heterocycles. The van der Waals surface area contributed by atoms with Gasteiger partial charge in [0, 0.05) is 33.9 Å². The third-order valence-corrected chi connectivity index (χ3v) is 6.24. The molecular formula is C15H17BrN2O4S2. The molecule has 130 valence electrons. The van der Waals surface area contributed by atoms with Crippen LogP contribution in [0.5, 0.6) is 0 Å². The lowest BCUT2D eigenvalue weighted by Gasteiger charge is -2.07. The maximum Gasteiger partial charge on any atom is 0.251 e. The fourth-order valence-corrected chi connectivity index (χ4v) is 4.27. The predicted octanol–water partition coefficient (Wildman–Crippen LogP) is 2.37. The molecule has 24 heavy (non-hydrogen) atoms. The van der Waals surface area contributed by atoms with Crippen molar-refractivity contribution in [3.63, 3.8) is 0 Å². The third kappa shape index (κ3) is 5.38. The molecule has 0 radical (unpaired) electrons. The molecule has 2 N–H and O–H groups in total. The smallest absolute Gasteiger partial charge is 0.251 e. The van der Waals surface area contributed by atoms with Gasteiger partial charge in [-0.15, -0.1) is 11.3 Å². The van der Waals surface area contributed by atoms with Crippen LogP contribution in [-0.4, -0.2) is 34.6 Å². The van der Waals surface area contributed by atoms with E-state index in [1.165, 1.54) is 31.4 Å². The summed E-state index contributed by atoms with van der Waals surface area (Å²) < 4.78 is 32.3. The van der Waals surface area contributed by atoms with Crippen LogP contribution in [0.2, 0.25) is 0 Å². The van der Waals surface area contributed by atoms with Gasteiger partial charge in [0.15, 0.2) is 0 Å². The van der Waals surface area contributed by atoms with Crippen LogP contribution < -0.4 is 10.0 Å². The highest BCUT2D eigenvalue weighted by molar-refractivity contribution is 9.10. The van der Waals surface area contributed by atoms with E-state index in [9.17, 15) is 13.2 Å². The molecule has 1 aromatic carbocycles. The molecule has 1 aromatic heterocycles. The Balaban J connectivity index is 1.96. The number of hydrogen-bond acceptors (Lipinski definition) is 5. The lowest BCUT2D eigenvalue weighted by molar-refractivity contribution is 0.0951. The molecule has 6 nitrogen and oxygen atoms in total. The SMILES string of the molecule is COCCNS(=O)(=O)c1ccc(C(=O)NCc2cc(Br)cs2)cc1. The minimum absolute atomic E-state index is 0.109. The summed E-state index contributed by atoms with van der Waals surface area (Å²) >= 11 is 4.90. The zero-order valence-corrected chi connectivity index (χ0v) is 16.1. The molecule has 0 aliphatic carbocycles. The highest BCUT2D eigenvalue weighted by Crippen LogP contribution is 2.19. The molecule has 0 aliphatic rings. The van der Waals surface area contributed by atoms with Crippen LogP contribution in [-0.2, 0) is 21.3 Å². The molecular weight excluding hydrogens is 416 g/mol. The van der Waals surface area contributed by atoms with Crippen LogP contribution in [0.3, 0.4) is 0 Å². The van der Waals surface area contributed by atoms with Crippen molar-refractivity contribution in [3.8, 4) is 0 Å². The van der Waals surface area contributed by atoms with Crippen LogP contribution >= 0.6 is 27.3 Å². The number of nitrogens with one attached hydrogen (secondary N) is 2. The van der Waals surface area contributed by atoms with Gasteiger partial charge in [-0.1, -0.05) is 0 Å². The Hall–Kier alpha value is -1.26. The predicted molar refractivity (Wildman–Crippen MR) is 96.7 cm³/mol. The van der Waals surface area contributed by atoms with E-state index >= 15 is 0 Å². The van der Waals surface area contributed by atoms with E-state index in [0.29, 0.717) is 18.7 Å². The number of hydrogen-bond donors (Lipinski definition) is 2. The van der Waals surface area contributed by atoms with Crippen molar-refractivity contribution in [3.05, 3.63) is 50.6 Å². The number of carbonyl (C=O) groups is 1. The van der Waals surface area contributed by atoms with Crippen molar-refractivity contribution in [2.24, 2.45) is 0 Å². The van der Waals surface area contributed by atoms with E-state index in [-0.39, 0.29) is 17.3 Å². The average Bonchev–Trinajstić information content (AvgIpc) is 2.98. The summed E-state index contributed by atoms with van der Waals surface area (Å²) in [5.41, 5.74) is 0.404. The summed E-state index contributed by atoms with van der Waals surface area (Å²) in [5.74, 6) is -0.254. The number of methoxy groups -OCH3 is 1. The third-order valence-electron chi connectivity index (χ3n) is 3.07. The number of carbonyl (C=O) groups excluding carboxylic acids is 1. The number of amides is 1. The van der Waals surface area contributed by atoms with E-state index in [1.54, 1.807) is 11.3 Å². The molecule has 0 spiro atoms. The number of benzene rings is 1. The molecule has 9 heteroatoms. The molecule has 2 aromatic rings. The maximum absolute atomic E-state index is 12.1. The first-order valence-corrected chi connectivity index (χ1v) is 10.2. The van der Waals surface area contributed by atoms with E-state index in [4.69, 9.17) is 4.74 Å². The molecule has 0 atom stereocenters. The van der Waals surface area contributed by atoms with Gasteiger partial charge in [0.2, 0.25) is 10.0 Å². The Bertz CT molecular complexity index is 788. The normalized spacial score (nSPS) is 11.4. The first kappa shape index (κ1) is 19.1. The van der Waals surface area contributed by atoms with Crippen molar-refractivity contribution in [2.45, 2.75) is 11.4 Å². The van der Waals surface area contributed by atoms with Gasteiger partial charge >= 0.3 is 0 Å². The largest absolute Gasteiger partial charge is 0.383 e. The second-order valence-corrected chi connectivity index (χ2v) is 8.51. The second kappa shape index (κ2) is 8.72. The number of thiophene rings is 1. The van der Waals surface area contributed by atoms with Gasteiger partial charge in [0.1, 0.15) is 0 Å². The Morgan fingerprint density at radius 1 is 1.29 bits per heavy atom. The van der Waals surface area contributed by atoms with Crippen LogP contribution in [0.25, 0.3) is 0 Å². The molecule has 0 saturated carbocycles. The van der Waals surface area contributed by atoms with Crippen molar-refractivity contribution in [1.82, 2.24) is 10.0 Å². The first-order chi connectivity index (χ1) is 11.4. The van der Waals surface area contributed by atoms with E-state index in [0.717, 1.165) is 9.35 Å². The number of ether oxygens (including phenoxy) is 1. The lowest BCUT2D eigenvalue weighted by atomic mass is 10.2. The molecule has 2 rings (SSSR count). The Kier molecular flexibility index (Phi) is 6.93. The van der Waals surface area contributed by atoms with Gasteiger partial charge in [-0.2, -0.15) is 0 Å². The molecule has 0 unspecified atom stereocenters. The minimum atomic E-state index is -3.59. The quantitative estimate of drug-likeness (QED) is 0.627. The van der Waals surface area contributed by atoms with E-state index in [2.05, 4.69) is 26.0 Å². The summed E-state index contributed by atoms with van der Waals surface area (Å²) in [6.07, 6.45) is 0. The first-order valence-electron chi connectivity index (χ1n) is 7.02. The minimum Gasteiger partial charge on any atom is -0.383 e. The van der Waals surface area contributed by atoms with Crippen molar-refractivity contribution >= 4 is 43.2 Å². The van der Waals surface area contributed by atoms with Crippen LogP contribution in [0, 0.1) is 0 Å². The highest BCUT2D eigenvalue weighted by Gasteiger charge is 2.14. The van der Waals surface area contributed by atoms with E-state index < -0.39 is 10.0 Å². The molecule has 0 saturated heterocycles. The summed E-state index contributed by atoms with van der Waals surface area (Å²) in [5, 5.41) is 4.74. The van der Waals surface area contributed by atoms with Gasteiger partial charge in [-0.25, -0.2) is 13.1 Å². The Morgan fingerprint density at radius 3 is 2.58 bits per heavy atom. The van der Waals surface area contributed by atoms with Gasteiger partial charge < -0.3 is 10.1 Å². The maximum atomic E-state index is 12.1. The topological polar surface area (TPSA) is 84.5 Å². The van der Waals surface area contributed by atoms with Gasteiger partial charge in [0.05, 0.1) is 18.0 Å². The molecule has 0 fully saturated rings. The van der Waals surface area contributed by atoms with Crippen LogP contribution in [0.4, 0.5) is 0 Å². The molecule has 0 bridgehead atoms. The summed E-state index contributed by atoms with van der Waals surface area (Å²) in [7, 11) is -2.10. The monoisotopic (exact) mass is 432 g/mol. The fraction of sp³-hybridized carbons (Fsp3) is 0.267. The van der Waals surface area contributed by atoms with Crippen molar-refractivity contribution in [1.29, 1.82) is 0 Å². The molecule has 1 amide bonds. The zero-order valence-electron chi connectivity index (χ0n) is 12.9. The van der Waals surface area contributed by atoms with Crippen LogP contribution in [0.15, 0.2) is 45.1 Å². The standard InChI is InChI=1S/C15H17BrN2O4S2/c1-22-7-6-18-24(20,21)14-4-2-11(3-5-14)15(19)17-9-13-8-12(16)10-23-13/h2-5,8,10,18H,6-7,9H2,1H3,(H,17,19). The number of rotatable bonds is 8. The second-order valence-electron chi connectivity index (χ2n) is 4.83. The lowest BCUT2D eigenvalue weighted by Crippen LogP contribution is -2.27. The highest BCUT2D eigenvalue weighted by atomic mass is 79.9. The van der Waals surface area contributed by atoms with Gasteiger partial charge in [-0.05, 0) is 46.3 Å². The fourth-order valence-electron chi connectivity index (χ4n) is 1.86. The Morgan fingerprint density at radius 2 is 2.00 bits per heavy atom. The Labute approximate surface area is 153 Å². The van der Waals surface area contributed by atoms with Crippen LogP contribution in [0.1, 0.15) is 15.2 Å². The summed E-state index contributed by atoms with van der Waals surface area (Å²) in [6, 6.07) is 7.74. The number of halogens is 1. The summed E-state index contributed by atoms with van der Waals surface area (Å²) in [6.45, 7) is 0.906. The summed E-state index contributed by atoms with van der Waals surface area (Å²) in [4.78, 5) is 13.2.